The minimum atomic E-state index is -0.985. The van der Waals surface area contributed by atoms with E-state index in [0.717, 1.165) is 100 Å². The highest BCUT2D eigenvalue weighted by Crippen LogP contribution is 2.41. The summed E-state index contributed by atoms with van der Waals surface area (Å²) >= 11 is 0. The van der Waals surface area contributed by atoms with Gasteiger partial charge in [-0.15, -0.1) is 0 Å². The summed E-state index contributed by atoms with van der Waals surface area (Å²) in [5.74, 6) is 1.68. The fraction of sp³-hybridized carbons (Fsp3) is 0. The molecule has 8 nitrogen and oxygen atoms in total. The first-order chi connectivity index (χ1) is 28.0. The molecular formula is C49H30N4O4. The van der Waals surface area contributed by atoms with Crippen LogP contribution in [0, 0.1) is 0 Å². The zero-order valence-corrected chi connectivity index (χ0v) is 30.2. The maximum Gasteiger partial charge on any atom is 0.335 e. The molecule has 0 amide bonds. The van der Waals surface area contributed by atoms with E-state index in [2.05, 4.69) is 70.6 Å². The highest BCUT2D eigenvalue weighted by Gasteiger charge is 2.20. The van der Waals surface area contributed by atoms with Crippen LogP contribution in [0.2, 0.25) is 0 Å². The topological polar surface area (TPSA) is 113 Å². The molecule has 0 saturated carbocycles. The van der Waals surface area contributed by atoms with Crippen LogP contribution in [0.15, 0.2) is 164 Å². The van der Waals surface area contributed by atoms with E-state index >= 15 is 0 Å². The van der Waals surface area contributed by atoms with Gasteiger partial charge in [0.25, 0.3) is 0 Å². The largest absolute Gasteiger partial charge is 0.478 e. The molecular weight excluding hydrogens is 709 g/mol. The Bertz CT molecular complexity index is 3270. The molecule has 0 radical (unpaired) electrons. The van der Waals surface area contributed by atoms with E-state index in [0.29, 0.717) is 11.5 Å². The monoisotopic (exact) mass is 738 g/mol. The molecule has 0 atom stereocenters. The molecule has 2 aliphatic rings. The van der Waals surface area contributed by atoms with Crippen LogP contribution in [0.1, 0.15) is 10.4 Å². The van der Waals surface area contributed by atoms with E-state index in [1.54, 1.807) is 12.1 Å². The number of nitrogens with one attached hydrogen (secondary N) is 2. The number of fused-ring (bicyclic) bond motifs is 20. The molecule has 6 aromatic carbocycles. The zero-order valence-electron chi connectivity index (χ0n) is 30.2. The van der Waals surface area contributed by atoms with E-state index in [-0.39, 0.29) is 5.56 Å². The Balaban J connectivity index is 1.18. The first-order valence-electron chi connectivity index (χ1n) is 18.6. The van der Waals surface area contributed by atoms with Crippen LogP contribution < -0.4 is 9.47 Å². The summed E-state index contributed by atoms with van der Waals surface area (Å²) in [5.41, 5.74) is 11.3. The first-order valence-corrected chi connectivity index (χ1v) is 18.6. The number of nitrogens with zero attached hydrogens (tertiary/aromatic N) is 2. The van der Waals surface area contributed by atoms with E-state index in [9.17, 15) is 9.90 Å². The van der Waals surface area contributed by atoms with Gasteiger partial charge in [-0.25, -0.2) is 14.8 Å². The molecule has 0 saturated heterocycles. The van der Waals surface area contributed by atoms with Gasteiger partial charge in [-0.1, -0.05) is 66.7 Å². The number of carboxylic acid groups (broad SMARTS) is 1. The molecule has 8 bridgehead atoms. The van der Waals surface area contributed by atoms with Crippen molar-refractivity contribution in [2.24, 2.45) is 0 Å². The van der Waals surface area contributed by atoms with Crippen molar-refractivity contribution in [1.82, 2.24) is 19.9 Å². The predicted octanol–water partition coefficient (Wildman–Crippen LogP) is 12.6. The number of aromatic amines is 2. The van der Waals surface area contributed by atoms with Crippen LogP contribution in [-0.2, 0) is 0 Å². The molecule has 57 heavy (non-hydrogen) atoms. The SMILES string of the molecule is O=C(O)c1ccc(Oc2ccc3c4cc5nc(cc6[nH]c(cc7nc(cc([nH]4)c3c2)-c2ccccc2-7)c2ccc(Oc3ccccc3)cc62)-c2ccccc2-5)cc1. The molecule has 5 heterocycles. The molecule has 0 fully saturated rings. The summed E-state index contributed by atoms with van der Waals surface area (Å²) in [6.45, 7) is 0. The van der Waals surface area contributed by atoms with Gasteiger partial charge in [0.2, 0.25) is 0 Å². The molecule has 3 N–H and O–H groups in total. The number of rotatable bonds is 5. The summed E-state index contributed by atoms with van der Waals surface area (Å²) in [4.78, 5) is 29.4. The lowest BCUT2D eigenvalue weighted by atomic mass is 10.0. The van der Waals surface area contributed by atoms with Crippen molar-refractivity contribution in [3.8, 4) is 68.0 Å². The molecule has 3 aromatic heterocycles. The number of carboxylic acids is 1. The van der Waals surface area contributed by atoms with Gasteiger partial charge in [-0.3, -0.25) is 0 Å². The van der Waals surface area contributed by atoms with E-state index in [1.807, 2.05) is 78.9 Å². The van der Waals surface area contributed by atoms with Crippen molar-refractivity contribution in [3.05, 3.63) is 169 Å². The highest BCUT2D eigenvalue weighted by molar-refractivity contribution is 6.11. The first kappa shape index (κ1) is 32.5. The fourth-order valence-electron chi connectivity index (χ4n) is 7.88. The van der Waals surface area contributed by atoms with Gasteiger partial charge >= 0.3 is 5.97 Å². The Morgan fingerprint density at radius 2 is 0.772 bits per heavy atom. The summed E-state index contributed by atoms with van der Waals surface area (Å²) in [7, 11) is 0. The Morgan fingerprint density at radius 3 is 1.19 bits per heavy atom. The van der Waals surface area contributed by atoms with E-state index in [1.165, 1.54) is 12.1 Å². The zero-order chi connectivity index (χ0) is 38.0. The van der Waals surface area contributed by atoms with Crippen LogP contribution in [0.3, 0.4) is 0 Å². The number of para-hydroxylation sites is 1. The average molecular weight is 739 g/mol. The third-order valence-corrected chi connectivity index (χ3v) is 10.6. The molecule has 0 aliphatic carbocycles. The van der Waals surface area contributed by atoms with E-state index in [4.69, 9.17) is 19.4 Å². The minimum absolute atomic E-state index is 0.198. The third kappa shape index (κ3) is 5.66. The van der Waals surface area contributed by atoms with Gasteiger partial charge in [0.1, 0.15) is 23.0 Å². The maximum atomic E-state index is 11.4. The van der Waals surface area contributed by atoms with Gasteiger partial charge in [0, 0.05) is 65.9 Å². The second-order valence-corrected chi connectivity index (χ2v) is 14.1. The number of H-pyrrole nitrogens is 2. The van der Waals surface area contributed by atoms with Crippen LogP contribution in [-0.4, -0.2) is 31.0 Å². The molecule has 11 rings (SSSR count). The van der Waals surface area contributed by atoms with Crippen molar-refractivity contribution < 1.29 is 19.4 Å². The van der Waals surface area contributed by atoms with Crippen molar-refractivity contribution in [3.63, 3.8) is 0 Å². The molecule has 0 spiro atoms. The van der Waals surface area contributed by atoms with Crippen LogP contribution in [0.5, 0.6) is 23.0 Å². The predicted molar refractivity (Wildman–Crippen MR) is 225 cm³/mol. The second kappa shape index (κ2) is 12.8. The van der Waals surface area contributed by atoms with Crippen LogP contribution in [0.4, 0.5) is 0 Å². The van der Waals surface area contributed by atoms with E-state index < -0.39 is 5.97 Å². The van der Waals surface area contributed by atoms with Crippen molar-refractivity contribution in [1.29, 1.82) is 0 Å². The van der Waals surface area contributed by atoms with Gasteiger partial charge in [-0.2, -0.15) is 0 Å². The summed E-state index contributed by atoms with van der Waals surface area (Å²) < 4.78 is 12.5. The van der Waals surface area contributed by atoms with Crippen molar-refractivity contribution >= 4 is 49.6 Å². The van der Waals surface area contributed by atoms with Gasteiger partial charge < -0.3 is 24.5 Å². The molecule has 0 unspecified atom stereocenters. The lowest BCUT2D eigenvalue weighted by molar-refractivity contribution is 0.0697. The third-order valence-electron chi connectivity index (χ3n) is 10.6. The summed E-state index contributed by atoms with van der Waals surface area (Å²) in [5, 5.41) is 13.3. The number of benzene rings is 6. The number of ether oxygens (including phenoxy) is 2. The summed E-state index contributed by atoms with van der Waals surface area (Å²) in [6, 6.07) is 53.4. The summed E-state index contributed by atoms with van der Waals surface area (Å²) in [6.07, 6.45) is 0. The normalized spacial score (nSPS) is 11.6. The lowest BCUT2D eigenvalue weighted by Crippen LogP contribution is -1.95. The maximum absolute atomic E-state index is 11.4. The number of aromatic nitrogens is 4. The molecule has 2 aliphatic heterocycles. The number of carbonyl (C=O) groups is 1. The highest BCUT2D eigenvalue weighted by atomic mass is 16.5. The molecule has 270 valence electrons. The average Bonchev–Trinajstić information content (AvgIpc) is 3.97. The van der Waals surface area contributed by atoms with Gasteiger partial charge in [0.05, 0.1) is 28.3 Å². The Kier molecular flexibility index (Phi) is 7.30. The lowest BCUT2D eigenvalue weighted by Gasteiger charge is -2.06. The van der Waals surface area contributed by atoms with Crippen LogP contribution >= 0.6 is 0 Å². The van der Waals surface area contributed by atoms with Crippen LogP contribution in [0.25, 0.3) is 88.6 Å². The quantitative estimate of drug-likeness (QED) is 0.162. The molecule has 9 aromatic rings. The fourth-order valence-corrected chi connectivity index (χ4v) is 7.88. The van der Waals surface area contributed by atoms with Crippen molar-refractivity contribution in [2.45, 2.75) is 0 Å². The number of hydrogen-bond donors (Lipinski definition) is 3. The van der Waals surface area contributed by atoms with Crippen molar-refractivity contribution in [2.75, 3.05) is 0 Å². The van der Waals surface area contributed by atoms with Gasteiger partial charge in [0.15, 0.2) is 0 Å². The minimum Gasteiger partial charge on any atom is -0.478 e. The second-order valence-electron chi connectivity index (χ2n) is 14.1. The Hall–Kier alpha value is -7.97. The smallest absolute Gasteiger partial charge is 0.335 e. The standard InChI is InChI=1S/C49H30N4O4/c54-49(55)28-14-16-30(17-15-28)57-32-19-21-38-40(23-32)48-27-44-36-13-7-5-11-34(36)41(51-44)24-45-37-20-18-31(56-29-8-2-1-3-9-29)22-39(37)47(52-45)26-43-35-12-6-4-10-33(35)42(50-43)25-46(38)53-48/h1-27,52-53H,(H,54,55). The van der Waals surface area contributed by atoms with Gasteiger partial charge in [-0.05, 0) is 97.1 Å². The number of hydrogen-bond acceptors (Lipinski definition) is 5. The Labute approximate surface area is 325 Å². The number of aromatic carboxylic acids is 1. The Morgan fingerprint density at radius 1 is 0.404 bits per heavy atom. The molecule has 8 heteroatoms.